The highest BCUT2D eigenvalue weighted by molar-refractivity contribution is 5.71. The zero-order valence-corrected chi connectivity index (χ0v) is 14.4. The van der Waals surface area contributed by atoms with Gasteiger partial charge < -0.3 is 4.74 Å². The standard InChI is InChI=1S/C22H19F3O/c1-2-3-15-4-10-20(21(24)12-15)17-7-11-19(22(25)13-17)16-5-8-18(9-6-16)26-14-23/h4-13H,2-3,14H2,1H3. The molecule has 0 aromatic heterocycles. The smallest absolute Gasteiger partial charge is 0.228 e. The van der Waals surface area contributed by atoms with Gasteiger partial charge in [-0.2, -0.15) is 0 Å². The summed E-state index contributed by atoms with van der Waals surface area (Å²) in [5, 5.41) is 0. The van der Waals surface area contributed by atoms with Gasteiger partial charge in [0.2, 0.25) is 6.86 Å². The molecule has 134 valence electrons. The summed E-state index contributed by atoms with van der Waals surface area (Å²) < 4.78 is 45.9. The lowest BCUT2D eigenvalue weighted by atomic mass is 9.98. The van der Waals surface area contributed by atoms with Crippen molar-refractivity contribution in [2.75, 3.05) is 6.86 Å². The van der Waals surface area contributed by atoms with Crippen LogP contribution in [0.2, 0.25) is 0 Å². The largest absolute Gasteiger partial charge is 0.463 e. The first-order valence-electron chi connectivity index (χ1n) is 8.50. The molecule has 1 nitrogen and oxygen atoms in total. The predicted octanol–water partition coefficient (Wildman–Crippen LogP) is 6.56. The van der Waals surface area contributed by atoms with Crippen LogP contribution in [0.3, 0.4) is 0 Å². The van der Waals surface area contributed by atoms with Crippen LogP contribution in [0.25, 0.3) is 22.3 Å². The summed E-state index contributed by atoms with van der Waals surface area (Å²) in [6.45, 7) is 1.13. The van der Waals surface area contributed by atoms with E-state index in [1.165, 1.54) is 12.1 Å². The van der Waals surface area contributed by atoms with E-state index in [1.807, 2.05) is 13.0 Å². The predicted molar refractivity (Wildman–Crippen MR) is 97.8 cm³/mol. The number of benzene rings is 3. The normalized spacial score (nSPS) is 10.8. The van der Waals surface area contributed by atoms with Gasteiger partial charge in [-0.25, -0.2) is 13.2 Å². The van der Waals surface area contributed by atoms with Gasteiger partial charge in [0.25, 0.3) is 0 Å². The van der Waals surface area contributed by atoms with Crippen LogP contribution in [-0.4, -0.2) is 6.86 Å². The molecular formula is C22H19F3O. The summed E-state index contributed by atoms with van der Waals surface area (Å²) in [6.07, 6.45) is 1.75. The van der Waals surface area contributed by atoms with Crippen LogP contribution in [0.1, 0.15) is 18.9 Å². The van der Waals surface area contributed by atoms with Gasteiger partial charge in [-0.15, -0.1) is 0 Å². The topological polar surface area (TPSA) is 9.23 Å². The van der Waals surface area contributed by atoms with E-state index in [2.05, 4.69) is 0 Å². The zero-order chi connectivity index (χ0) is 18.5. The highest BCUT2D eigenvalue weighted by atomic mass is 19.1. The molecule has 3 aromatic carbocycles. The molecule has 0 aliphatic heterocycles. The van der Waals surface area contributed by atoms with E-state index in [0.717, 1.165) is 18.4 Å². The van der Waals surface area contributed by atoms with Crippen molar-refractivity contribution < 1.29 is 17.9 Å². The highest BCUT2D eigenvalue weighted by Gasteiger charge is 2.11. The molecule has 0 amide bonds. The lowest BCUT2D eigenvalue weighted by molar-refractivity contribution is 0.192. The monoisotopic (exact) mass is 356 g/mol. The summed E-state index contributed by atoms with van der Waals surface area (Å²) in [6, 6.07) is 16.2. The van der Waals surface area contributed by atoms with E-state index in [0.29, 0.717) is 28.0 Å². The number of aryl methyl sites for hydroxylation is 1. The number of rotatable bonds is 6. The first kappa shape index (κ1) is 18.1. The average molecular weight is 356 g/mol. The minimum atomic E-state index is -0.912. The molecule has 0 radical (unpaired) electrons. The second-order valence-electron chi connectivity index (χ2n) is 6.04. The van der Waals surface area contributed by atoms with E-state index in [1.54, 1.807) is 42.5 Å². The molecule has 3 aromatic rings. The van der Waals surface area contributed by atoms with Gasteiger partial charge in [-0.1, -0.05) is 49.7 Å². The summed E-state index contributed by atoms with van der Waals surface area (Å²) in [5.41, 5.74) is 2.83. The molecule has 0 atom stereocenters. The van der Waals surface area contributed by atoms with Crippen molar-refractivity contribution in [1.29, 1.82) is 0 Å². The maximum atomic E-state index is 14.6. The van der Waals surface area contributed by atoms with Gasteiger partial charge in [0.1, 0.15) is 17.4 Å². The Morgan fingerprint density at radius 1 is 0.769 bits per heavy atom. The molecular weight excluding hydrogens is 337 g/mol. The van der Waals surface area contributed by atoms with Crippen LogP contribution in [-0.2, 0) is 6.42 Å². The highest BCUT2D eigenvalue weighted by Crippen LogP contribution is 2.30. The number of hydrogen-bond donors (Lipinski definition) is 0. The minimum Gasteiger partial charge on any atom is -0.463 e. The third-order valence-electron chi connectivity index (χ3n) is 4.24. The van der Waals surface area contributed by atoms with Gasteiger partial charge in [-0.3, -0.25) is 0 Å². The van der Waals surface area contributed by atoms with Crippen LogP contribution >= 0.6 is 0 Å². The van der Waals surface area contributed by atoms with Crippen molar-refractivity contribution in [3.8, 4) is 28.0 Å². The van der Waals surface area contributed by atoms with E-state index in [9.17, 15) is 13.2 Å². The Kier molecular flexibility index (Phi) is 5.61. The van der Waals surface area contributed by atoms with Crippen LogP contribution in [0.15, 0.2) is 60.7 Å². The van der Waals surface area contributed by atoms with Crippen LogP contribution in [0.5, 0.6) is 5.75 Å². The second-order valence-corrected chi connectivity index (χ2v) is 6.04. The Labute approximate surface area is 151 Å². The quantitative estimate of drug-likeness (QED) is 0.486. The van der Waals surface area contributed by atoms with Gasteiger partial charge in [-0.05, 0) is 47.4 Å². The van der Waals surface area contributed by atoms with Crippen LogP contribution < -0.4 is 4.74 Å². The molecule has 4 heteroatoms. The Hall–Kier alpha value is -2.75. The molecule has 0 aliphatic rings. The molecule has 0 unspecified atom stereocenters. The van der Waals surface area contributed by atoms with Gasteiger partial charge in [0, 0.05) is 11.1 Å². The first-order valence-corrected chi connectivity index (χ1v) is 8.50. The van der Waals surface area contributed by atoms with Crippen molar-refractivity contribution in [1.82, 2.24) is 0 Å². The molecule has 0 bridgehead atoms. The van der Waals surface area contributed by atoms with E-state index >= 15 is 0 Å². The maximum Gasteiger partial charge on any atom is 0.228 e. The third-order valence-corrected chi connectivity index (χ3v) is 4.24. The van der Waals surface area contributed by atoms with Gasteiger partial charge >= 0.3 is 0 Å². The lowest BCUT2D eigenvalue weighted by Gasteiger charge is -2.10. The molecule has 3 rings (SSSR count). The summed E-state index contributed by atoms with van der Waals surface area (Å²) in [4.78, 5) is 0. The summed E-state index contributed by atoms with van der Waals surface area (Å²) >= 11 is 0. The number of hydrogen-bond acceptors (Lipinski definition) is 1. The molecule has 0 fully saturated rings. The fourth-order valence-corrected chi connectivity index (χ4v) is 2.95. The number of halogens is 3. The molecule has 0 spiro atoms. The van der Waals surface area contributed by atoms with E-state index < -0.39 is 12.7 Å². The molecule has 0 saturated carbocycles. The van der Waals surface area contributed by atoms with Crippen LogP contribution in [0, 0.1) is 11.6 Å². The zero-order valence-electron chi connectivity index (χ0n) is 14.4. The second kappa shape index (κ2) is 8.09. The van der Waals surface area contributed by atoms with Crippen LogP contribution in [0.4, 0.5) is 13.2 Å². The minimum absolute atomic E-state index is 0.351. The van der Waals surface area contributed by atoms with Crippen molar-refractivity contribution >= 4 is 0 Å². The molecule has 26 heavy (non-hydrogen) atoms. The Balaban J connectivity index is 1.90. The number of alkyl halides is 1. The van der Waals surface area contributed by atoms with Gasteiger partial charge in [0.05, 0.1) is 0 Å². The Morgan fingerprint density at radius 3 is 2.00 bits per heavy atom. The van der Waals surface area contributed by atoms with E-state index in [4.69, 9.17) is 4.74 Å². The number of ether oxygens (including phenoxy) is 1. The Bertz CT molecular complexity index is 888. The van der Waals surface area contributed by atoms with Gasteiger partial charge in [0.15, 0.2) is 0 Å². The molecule has 0 saturated heterocycles. The summed E-state index contributed by atoms with van der Waals surface area (Å²) in [7, 11) is 0. The maximum absolute atomic E-state index is 14.6. The molecule has 0 aliphatic carbocycles. The van der Waals surface area contributed by atoms with E-state index in [-0.39, 0.29) is 5.82 Å². The van der Waals surface area contributed by atoms with Crippen molar-refractivity contribution in [3.63, 3.8) is 0 Å². The third kappa shape index (κ3) is 3.90. The lowest BCUT2D eigenvalue weighted by Crippen LogP contribution is -1.92. The Morgan fingerprint density at radius 2 is 1.38 bits per heavy atom. The fraction of sp³-hybridized carbons (Fsp3) is 0.182. The van der Waals surface area contributed by atoms with Crippen molar-refractivity contribution in [2.45, 2.75) is 19.8 Å². The molecule has 0 heterocycles. The molecule has 0 N–H and O–H groups in total. The first-order chi connectivity index (χ1) is 12.6. The SMILES string of the molecule is CCCc1ccc(-c2ccc(-c3ccc(OCF)cc3)c(F)c2)c(F)c1. The summed E-state index contributed by atoms with van der Waals surface area (Å²) in [5.74, 6) is -0.419. The van der Waals surface area contributed by atoms with Crippen molar-refractivity contribution in [2.24, 2.45) is 0 Å². The average Bonchev–Trinajstić information content (AvgIpc) is 2.63. The van der Waals surface area contributed by atoms with Crippen molar-refractivity contribution in [3.05, 3.63) is 77.9 Å². The fourth-order valence-electron chi connectivity index (χ4n) is 2.95.